The highest BCUT2D eigenvalue weighted by atomic mass is 35.5. The molecule has 2 aromatic rings. The normalized spacial score (nSPS) is 16.6. The molecular weight excluding hydrogens is 344 g/mol. The number of hydrogen-bond donors (Lipinski definition) is 1. The molecule has 0 saturated carbocycles. The molecule has 3 rings (SSSR count). The molecule has 0 amide bonds. The number of fused-ring (bicyclic) bond motifs is 1. The SMILES string of the molecule is C[C@H](CNS(=O)(=O)c1cccc(Cl)c1)N1CCc2ccccc2C1. The van der Waals surface area contributed by atoms with Crippen molar-refractivity contribution >= 4 is 21.6 Å². The van der Waals surface area contributed by atoms with Crippen LogP contribution in [0.3, 0.4) is 0 Å². The van der Waals surface area contributed by atoms with Crippen LogP contribution in [0.15, 0.2) is 53.4 Å². The molecule has 1 N–H and O–H groups in total. The van der Waals surface area contributed by atoms with Crippen LogP contribution in [0.4, 0.5) is 0 Å². The van der Waals surface area contributed by atoms with E-state index in [2.05, 4.69) is 40.8 Å². The van der Waals surface area contributed by atoms with E-state index in [0.717, 1.165) is 19.5 Å². The zero-order chi connectivity index (χ0) is 17.2. The van der Waals surface area contributed by atoms with E-state index in [1.807, 2.05) is 0 Å². The summed E-state index contributed by atoms with van der Waals surface area (Å²) >= 11 is 5.88. The first kappa shape index (κ1) is 17.4. The first-order valence-corrected chi connectivity index (χ1v) is 9.88. The number of nitrogens with one attached hydrogen (secondary N) is 1. The largest absolute Gasteiger partial charge is 0.295 e. The van der Waals surface area contributed by atoms with Gasteiger partial charge < -0.3 is 0 Å². The average molecular weight is 365 g/mol. The van der Waals surface area contributed by atoms with Crippen LogP contribution in [0.1, 0.15) is 18.1 Å². The van der Waals surface area contributed by atoms with Crippen LogP contribution in [0.2, 0.25) is 5.02 Å². The summed E-state index contributed by atoms with van der Waals surface area (Å²) in [5.41, 5.74) is 2.72. The maximum atomic E-state index is 12.4. The van der Waals surface area contributed by atoms with Gasteiger partial charge >= 0.3 is 0 Å². The predicted molar refractivity (Wildman–Crippen MR) is 96.7 cm³/mol. The fraction of sp³-hybridized carbons (Fsp3) is 0.333. The molecule has 6 heteroatoms. The third-order valence-corrected chi connectivity index (χ3v) is 6.12. The highest BCUT2D eigenvalue weighted by Crippen LogP contribution is 2.20. The average Bonchev–Trinajstić information content (AvgIpc) is 2.59. The zero-order valence-corrected chi connectivity index (χ0v) is 15.1. The Balaban J connectivity index is 1.63. The monoisotopic (exact) mass is 364 g/mol. The molecule has 0 unspecified atom stereocenters. The summed E-state index contributed by atoms with van der Waals surface area (Å²) in [5.74, 6) is 0. The van der Waals surface area contributed by atoms with Gasteiger partial charge in [-0.2, -0.15) is 0 Å². The van der Waals surface area contributed by atoms with E-state index >= 15 is 0 Å². The van der Waals surface area contributed by atoms with Crippen molar-refractivity contribution in [3.8, 4) is 0 Å². The van der Waals surface area contributed by atoms with Crippen LogP contribution in [-0.4, -0.2) is 32.4 Å². The van der Waals surface area contributed by atoms with Gasteiger partial charge in [0.15, 0.2) is 0 Å². The smallest absolute Gasteiger partial charge is 0.240 e. The van der Waals surface area contributed by atoms with Crippen LogP contribution in [0.5, 0.6) is 0 Å². The Labute approximate surface area is 148 Å². The van der Waals surface area contributed by atoms with Crippen molar-refractivity contribution in [1.82, 2.24) is 9.62 Å². The topological polar surface area (TPSA) is 49.4 Å². The molecule has 0 fully saturated rings. The Morgan fingerprint density at radius 1 is 1.17 bits per heavy atom. The van der Waals surface area contributed by atoms with Crippen molar-refractivity contribution in [3.63, 3.8) is 0 Å². The van der Waals surface area contributed by atoms with Crippen LogP contribution < -0.4 is 4.72 Å². The number of nitrogens with zero attached hydrogens (tertiary/aromatic N) is 1. The van der Waals surface area contributed by atoms with E-state index in [1.165, 1.54) is 17.2 Å². The minimum absolute atomic E-state index is 0.118. The van der Waals surface area contributed by atoms with Gasteiger partial charge in [-0.1, -0.05) is 41.9 Å². The molecule has 0 radical (unpaired) electrons. The van der Waals surface area contributed by atoms with Crippen LogP contribution in [0.25, 0.3) is 0 Å². The van der Waals surface area contributed by atoms with Gasteiger partial charge in [0.25, 0.3) is 0 Å². The summed E-state index contributed by atoms with van der Waals surface area (Å²) in [6, 6.07) is 14.9. The molecule has 0 bridgehead atoms. The molecule has 0 saturated heterocycles. The molecule has 1 aliphatic heterocycles. The highest BCUT2D eigenvalue weighted by molar-refractivity contribution is 7.89. The Kier molecular flexibility index (Phi) is 5.25. The van der Waals surface area contributed by atoms with Crippen molar-refractivity contribution in [2.75, 3.05) is 13.1 Å². The van der Waals surface area contributed by atoms with Crippen molar-refractivity contribution < 1.29 is 8.42 Å². The first-order valence-electron chi connectivity index (χ1n) is 8.02. The fourth-order valence-electron chi connectivity index (χ4n) is 2.97. The fourth-order valence-corrected chi connectivity index (χ4v) is 4.39. The first-order chi connectivity index (χ1) is 11.5. The summed E-state index contributed by atoms with van der Waals surface area (Å²) < 4.78 is 27.5. The summed E-state index contributed by atoms with van der Waals surface area (Å²) in [7, 11) is -3.54. The third kappa shape index (κ3) is 3.98. The second kappa shape index (κ2) is 7.23. The van der Waals surface area contributed by atoms with Gasteiger partial charge in [0.1, 0.15) is 0 Å². The quantitative estimate of drug-likeness (QED) is 0.887. The predicted octanol–water partition coefficient (Wildman–Crippen LogP) is 3.07. The van der Waals surface area contributed by atoms with E-state index in [-0.39, 0.29) is 10.9 Å². The molecule has 1 atom stereocenters. The molecular formula is C18H21ClN2O2S. The van der Waals surface area contributed by atoms with Gasteiger partial charge in [-0.05, 0) is 42.7 Å². The number of rotatable bonds is 5. The standard InChI is InChI=1S/C18H21ClN2O2S/c1-14(21-10-9-15-5-2-3-6-16(15)13-21)12-20-24(22,23)18-8-4-7-17(19)11-18/h2-8,11,14,20H,9-10,12-13H2,1H3/t14-/m1/s1. The second-order valence-electron chi connectivity index (χ2n) is 6.15. The van der Waals surface area contributed by atoms with Crippen molar-refractivity contribution in [3.05, 3.63) is 64.7 Å². The number of halogens is 1. The van der Waals surface area contributed by atoms with Crippen LogP contribution in [0, 0.1) is 0 Å². The lowest BCUT2D eigenvalue weighted by atomic mass is 9.99. The lowest BCUT2D eigenvalue weighted by molar-refractivity contribution is 0.192. The third-order valence-electron chi connectivity index (χ3n) is 4.46. The van der Waals surface area contributed by atoms with E-state index in [0.29, 0.717) is 11.6 Å². The second-order valence-corrected chi connectivity index (χ2v) is 8.35. The maximum Gasteiger partial charge on any atom is 0.240 e. The summed E-state index contributed by atoms with van der Waals surface area (Å²) in [6.07, 6.45) is 1.00. The maximum absolute atomic E-state index is 12.4. The molecule has 0 aromatic heterocycles. The molecule has 1 aliphatic rings. The van der Waals surface area contributed by atoms with E-state index in [9.17, 15) is 8.42 Å². The van der Waals surface area contributed by atoms with Crippen LogP contribution in [-0.2, 0) is 23.0 Å². The lowest BCUT2D eigenvalue weighted by Gasteiger charge is -2.33. The van der Waals surface area contributed by atoms with Gasteiger partial charge in [-0.25, -0.2) is 13.1 Å². The number of hydrogen-bond acceptors (Lipinski definition) is 3. The van der Waals surface area contributed by atoms with Gasteiger partial charge in [0, 0.05) is 30.7 Å². The Morgan fingerprint density at radius 2 is 1.92 bits per heavy atom. The molecule has 2 aromatic carbocycles. The Hall–Kier alpha value is -1.40. The van der Waals surface area contributed by atoms with E-state index in [4.69, 9.17) is 11.6 Å². The van der Waals surface area contributed by atoms with Crippen LogP contribution >= 0.6 is 11.6 Å². The van der Waals surface area contributed by atoms with E-state index in [1.54, 1.807) is 18.2 Å². The summed E-state index contributed by atoms with van der Waals surface area (Å²) in [4.78, 5) is 2.51. The molecule has 0 spiro atoms. The van der Waals surface area contributed by atoms with Gasteiger partial charge in [-0.15, -0.1) is 0 Å². The molecule has 4 nitrogen and oxygen atoms in total. The molecule has 1 heterocycles. The van der Waals surface area contributed by atoms with Crippen molar-refractivity contribution in [2.24, 2.45) is 0 Å². The van der Waals surface area contributed by atoms with Gasteiger partial charge in [0.05, 0.1) is 4.90 Å². The molecule has 0 aliphatic carbocycles. The highest BCUT2D eigenvalue weighted by Gasteiger charge is 2.22. The van der Waals surface area contributed by atoms with Crippen molar-refractivity contribution in [1.29, 1.82) is 0 Å². The summed E-state index contributed by atoms with van der Waals surface area (Å²) in [5, 5.41) is 0.415. The van der Waals surface area contributed by atoms with Gasteiger partial charge in [-0.3, -0.25) is 4.90 Å². The minimum Gasteiger partial charge on any atom is -0.295 e. The molecule has 24 heavy (non-hydrogen) atoms. The lowest BCUT2D eigenvalue weighted by Crippen LogP contribution is -2.44. The number of sulfonamides is 1. The Bertz CT molecular complexity index is 823. The summed E-state index contributed by atoms with van der Waals surface area (Å²) in [6.45, 7) is 4.22. The van der Waals surface area contributed by atoms with Gasteiger partial charge in [0.2, 0.25) is 10.0 Å². The van der Waals surface area contributed by atoms with Crippen molar-refractivity contribution in [2.45, 2.75) is 30.8 Å². The number of benzene rings is 2. The zero-order valence-electron chi connectivity index (χ0n) is 13.6. The molecule has 128 valence electrons. The minimum atomic E-state index is -3.54. The Morgan fingerprint density at radius 3 is 2.67 bits per heavy atom. The van der Waals surface area contributed by atoms with E-state index < -0.39 is 10.0 Å².